The van der Waals surface area contributed by atoms with Crippen molar-refractivity contribution >= 4 is 58.4 Å². The number of nitrogens with zero attached hydrogens (tertiary/aromatic N) is 1. The lowest BCUT2D eigenvalue weighted by atomic mass is 10.1. The highest BCUT2D eigenvalue weighted by molar-refractivity contribution is 7.99. The van der Waals surface area contributed by atoms with E-state index in [2.05, 4.69) is 5.32 Å². The molecule has 0 saturated heterocycles. The molecule has 2 aromatic carbocycles. The molecule has 0 spiro atoms. The standard InChI is InChI=1S/C24H29Cl3N2O2S/c1-5-21(23(31)28-24(2,3)4)29(13-16-9-10-19(26)20(27)12-16)22(30)15-32-14-17-7-6-8-18(25)11-17/h6-12,21H,5,13-15H2,1-4H3,(H,28,31). The number of benzene rings is 2. The van der Waals surface area contributed by atoms with Gasteiger partial charge in [0.2, 0.25) is 11.8 Å². The van der Waals surface area contributed by atoms with Crippen LogP contribution in [0.3, 0.4) is 0 Å². The molecule has 174 valence electrons. The minimum Gasteiger partial charge on any atom is -0.350 e. The van der Waals surface area contributed by atoms with E-state index in [4.69, 9.17) is 34.8 Å². The molecule has 0 aliphatic rings. The number of halogens is 3. The van der Waals surface area contributed by atoms with E-state index in [0.29, 0.717) is 27.2 Å². The lowest BCUT2D eigenvalue weighted by Crippen LogP contribution is -2.53. The second-order valence-electron chi connectivity index (χ2n) is 8.56. The molecular weight excluding hydrogens is 487 g/mol. The van der Waals surface area contributed by atoms with Crippen LogP contribution in [0.2, 0.25) is 15.1 Å². The summed E-state index contributed by atoms with van der Waals surface area (Å²) in [5.74, 6) is 0.609. The van der Waals surface area contributed by atoms with Crippen molar-refractivity contribution in [3.63, 3.8) is 0 Å². The smallest absolute Gasteiger partial charge is 0.243 e. The van der Waals surface area contributed by atoms with Gasteiger partial charge in [0.05, 0.1) is 15.8 Å². The Bertz CT molecular complexity index is 947. The van der Waals surface area contributed by atoms with Crippen LogP contribution >= 0.6 is 46.6 Å². The van der Waals surface area contributed by atoms with E-state index in [-0.39, 0.29) is 24.1 Å². The molecule has 1 N–H and O–H groups in total. The first-order chi connectivity index (χ1) is 15.0. The Labute approximate surface area is 210 Å². The summed E-state index contributed by atoms with van der Waals surface area (Å²) in [6.45, 7) is 7.93. The van der Waals surface area contributed by atoms with Gasteiger partial charge in [-0.3, -0.25) is 9.59 Å². The highest BCUT2D eigenvalue weighted by atomic mass is 35.5. The van der Waals surface area contributed by atoms with Crippen molar-refractivity contribution in [2.45, 2.75) is 58.0 Å². The number of rotatable bonds is 9. The number of carbonyl (C=O) groups is 2. The molecule has 0 fully saturated rings. The van der Waals surface area contributed by atoms with Gasteiger partial charge >= 0.3 is 0 Å². The Morgan fingerprint density at radius 2 is 1.75 bits per heavy atom. The van der Waals surface area contributed by atoms with E-state index < -0.39 is 11.6 Å². The summed E-state index contributed by atoms with van der Waals surface area (Å²) in [6.07, 6.45) is 0.494. The van der Waals surface area contributed by atoms with Crippen molar-refractivity contribution in [3.05, 3.63) is 68.7 Å². The molecule has 0 radical (unpaired) electrons. The van der Waals surface area contributed by atoms with E-state index >= 15 is 0 Å². The van der Waals surface area contributed by atoms with Crippen LogP contribution in [-0.2, 0) is 21.9 Å². The summed E-state index contributed by atoms with van der Waals surface area (Å²) in [4.78, 5) is 27.9. The third-order valence-electron chi connectivity index (χ3n) is 4.60. The summed E-state index contributed by atoms with van der Waals surface area (Å²) < 4.78 is 0. The molecule has 4 nitrogen and oxygen atoms in total. The number of amides is 2. The summed E-state index contributed by atoms with van der Waals surface area (Å²) in [6, 6.07) is 12.2. The van der Waals surface area contributed by atoms with Gasteiger partial charge in [0.25, 0.3) is 0 Å². The average Bonchev–Trinajstić information content (AvgIpc) is 2.69. The van der Waals surface area contributed by atoms with Crippen LogP contribution in [0.1, 0.15) is 45.2 Å². The zero-order valence-corrected chi connectivity index (χ0v) is 21.8. The zero-order chi connectivity index (χ0) is 23.9. The van der Waals surface area contributed by atoms with Gasteiger partial charge in [0, 0.05) is 22.9 Å². The molecule has 2 amide bonds. The number of hydrogen-bond donors (Lipinski definition) is 1. The van der Waals surface area contributed by atoms with Crippen molar-refractivity contribution in [2.75, 3.05) is 5.75 Å². The fourth-order valence-corrected chi connectivity index (χ4v) is 4.56. The van der Waals surface area contributed by atoms with Gasteiger partial charge in [-0.15, -0.1) is 11.8 Å². The van der Waals surface area contributed by atoms with Gasteiger partial charge < -0.3 is 10.2 Å². The first kappa shape index (κ1) is 26.8. The number of thioether (sulfide) groups is 1. The van der Waals surface area contributed by atoms with Crippen LogP contribution in [-0.4, -0.2) is 34.0 Å². The Hall–Kier alpha value is -1.40. The van der Waals surface area contributed by atoms with Crippen molar-refractivity contribution in [2.24, 2.45) is 0 Å². The van der Waals surface area contributed by atoms with E-state index in [0.717, 1.165) is 11.1 Å². The monoisotopic (exact) mass is 514 g/mol. The van der Waals surface area contributed by atoms with Crippen LogP contribution in [0, 0.1) is 0 Å². The van der Waals surface area contributed by atoms with Crippen molar-refractivity contribution in [1.29, 1.82) is 0 Å². The quantitative estimate of drug-likeness (QED) is 0.409. The van der Waals surface area contributed by atoms with Crippen LogP contribution in [0.25, 0.3) is 0 Å². The van der Waals surface area contributed by atoms with Crippen molar-refractivity contribution in [3.8, 4) is 0 Å². The molecule has 0 aliphatic heterocycles. The van der Waals surface area contributed by atoms with Crippen molar-refractivity contribution in [1.82, 2.24) is 10.2 Å². The molecule has 8 heteroatoms. The number of hydrogen-bond acceptors (Lipinski definition) is 3. The summed E-state index contributed by atoms with van der Waals surface area (Å²) in [5, 5.41) is 4.53. The Kier molecular flexibility index (Phi) is 10.2. The minimum absolute atomic E-state index is 0.112. The van der Waals surface area contributed by atoms with Crippen LogP contribution < -0.4 is 5.32 Å². The highest BCUT2D eigenvalue weighted by Crippen LogP contribution is 2.25. The molecule has 1 atom stereocenters. The zero-order valence-electron chi connectivity index (χ0n) is 18.8. The molecule has 0 heterocycles. The van der Waals surface area contributed by atoms with E-state index in [1.165, 1.54) is 11.8 Å². The number of carbonyl (C=O) groups excluding carboxylic acids is 2. The maximum atomic E-state index is 13.3. The summed E-state index contributed by atoms with van der Waals surface area (Å²) in [5.41, 5.74) is 1.46. The molecule has 2 rings (SSSR count). The second kappa shape index (κ2) is 12.2. The number of nitrogens with one attached hydrogen (secondary N) is 1. The van der Waals surface area contributed by atoms with Crippen LogP contribution in [0.4, 0.5) is 0 Å². The van der Waals surface area contributed by atoms with Gasteiger partial charge in [-0.2, -0.15) is 0 Å². The summed E-state index contributed by atoms with van der Waals surface area (Å²) >= 11 is 19.8. The predicted octanol–water partition coefficient (Wildman–Crippen LogP) is 6.60. The first-order valence-electron chi connectivity index (χ1n) is 10.4. The van der Waals surface area contributed by atoms with E-state index in [1.54, 1.807) is 17.0 Å². The third-order valence-corrected chi connectivity index (χ3v) is 6.57. The predicted molar refractivity (Wildman–Crippen MR) is 137 cm³/mol. The molecule has 0 aliphatic carbocycles. The Morgan fingerprint density at radius 3 is 2.34 bits per heavy atom. The minimum atomic E-state index is -0.594. The maximum absolute atomic E-state index is 13.3. The molecule has 1 unspecified atom stereocenters. The molecular formula is C24H29Cl3N2O2S. The molecule has 0 saturated carbocycles. The third kappa shape index (κ3) is 8.51. The highest BCUT2D eigenvalue weighted by Gasteiger charge is 2.30. The normalized spacial score (nSPS) is 12.3. The van der Waals surface area contributed by atoms with E-state index in [9.17, 15) is 9.59 Å². The topological polar surface area (TPSA) is 49.4 Å². The fraction of sp³-hybridized carbons (Fsp3) is 0.417. The summed E-state index contributed by atoms with van der Waals surface area (Å²) in [7, 11) is 0. The van der Waals surface area contributed by atoms with Gasteiger partial charge in [-0.25, -0.2) is 0 Å². The van der Waals surface area contributed by atoms with Crippen LogP contribution in [0.15, 0.2) is 42.5 Å². The molecule has 0 aromatic heterocycles. The van der Waals surface area contributed by atoms with E-state index in [1.807, 2.05) is 58.0 Å². The lowest BCUT2D eigenvalue weighted by molar-refractivity contribution is -0.140. The van der Waals surface area contributed by atoms with Gasteiger partial charge in [0.1, 0.15) is 6.04 Å². The Balaban J connectivity index is 2.19. The average molecular weight is 516 g/mol. The van der Waals surface area contributed by atoms with Crippen molar-refractivity contribution < 1.29 is 9.59 Å². The Morgan fingerprint density at radius 1 is 1.03 bits per heavy atom. The largest absolute Gasteiger partial charge is 0.350 e. The second-order valence-corrected chi connectivity index (χ2v) is 10.8. The van der Waals surface area contributed by atoms with Gasteiger partial charge in [-0.1, -0.05) is 59.9 Å². The maximum Gasteiger partial charge on any atom is 0.243 e. The molecule has 0 bridgehead atoms. The fourth-order valence-electron chi connectivity index (χ4n) is 3.17. The SMILES string of the molecule is CCC(C(=O)NC(C)(C)C)N(Cc1ccc(Cl)c(Cl)c1)C(=O)CSCc1cccc(Cl)c1. The molecule has 32 heavy (non-hydrogen) atoms. The lowest BCUT2D eigenvalue weighted by Gasteiger charge is -2.33. The van der Waals surface area contributed by atoms with Crippen LogP contribution in [0.5, 0.6) is 0 Å². The first-order valence-corrected chi connectivity index (χ1v) is 12.7. The van der Waals surface area contributed by atoms with Gasteiger partial charge in [0.15, 0.2) is 0 Å². The van der Waals surface area contributed by atoms with Gasteiger partial charge in [-0.05, 0) is 62.6 Å². The molecule has 2 aromatic rings.